The van der Waals surface area contributed by atoms with Crippen LogP contribution < -0.4 is 5.32 Å². The monoisotopic (exact) mass is 422 g/mol. The van der Waals surface area contributed by atoms with Crippen LogP contribution in [0.25, 0.3) is 11.1 Å². The molecule has 0 bridgehead atoms. The highest BCUT2D eigenvalue weighted by atomic mass is 16.5. The predicted octanol–water partition coefficient (Wildman–Crippen LogP) is 3.38. The Hall–Kier alpha value is -3.35. The second-order valence-corrected chi connectivity index (χ2v) is 8.02. The number of fused-ring (bicyclic) bond motifs is 3. The second-order valence-electron chi connectivity index (χ2n) is 8.02. The van der Waals surface area contributed by atoms with Crippen molar-refractivity contribution in [3.63, 3.8) is 0 Å². The molecule has 0 saturated carbocycles. The van der Waals surface area contributed by atoms with Crippen molar-refractivity contribution in [3.8, 4) is 11.1 Å². The molecule has 7 nitrogen and oxygen atoms in total. The number of nitrogens with zero attached hydrogens (tertiary/aromatic N) is 1. The van der Waals surface area contributed by atoms with Gasteiger partial charge in [-0.15, -0.1) is 0 Å². The van der Waals surface area contributed by atoms with Gasteiger partial charge in [-0.05, 0) is 41.5 Å². The molecule has 1 aliphatic heterocycles. The van der Waals surface area contributed by atoms with E-state index in [4.69, 9.17) is 4.74 Å². The Morgan fingerprint density at radius 1 is 1.10 bits per heavy atom. The number of aliphatic carboxylic acids is 1. The van der Waals surface area contributed by atoms with Crippen LogP contribution in [0, 0.1) is 0 Å². The summed E-state index contributed by atoms with van der Waals surface area (Å²) in [5, 5.41) is 12.1. The molecule has 0 radical (unpaired) electrons. The maximum atomic E-state index is 12.6. The Kier molecular flexibility index (Phi) is 5.67. The van der Waals surface area contributed by atoms with Crippen molar-refractivity contribution in [1.29, 1.82) is 0 Å². The van der Waals surface area contributed by atoms with E-state index in [0.717, 1.165) is 22.3 Å². The number of hydrogen-bond donors (Lipinski definition) is 2. The fraction of sp³-hybridized carbons (Fsp3) is 0.375. The van der Waals surface area contributed by atoms with Crippen LogP contribution in [0.5, 0.6) is 0 Å². The number of benzene rings is 2. The van der Waals surface area contributed by atoms with E-state index in [1.54, 1.807) is 6.92 Å². The highest BCUT2D eigenvalue weighted by Gasteiger charge is 2.48. The molecule has 1 heterocycles. The first-order valence-corrected chi connectivity index (χ1v) is 10.6. The van der Waals surface area contributed by atoms with Crippen molar-refractivity contribution in [2.75, 3.05) is 19.7 Å². The third kappa shape index (κ3) is 3.65. The fourth-order valence-corrected chi connectivity index (χ4v) is 4.88. The van der Waals surface area contributed by atoms with Gasteiger partial charge in [-0.1, -0.05) is 55.5 Å². The number of carboxylic acids is 1. The van der Waals surface area contributed by atoms with Crippen LogP contribution in [0.3, 0.4) is 0 Å². The Morgan fingerprint density at radius 3 is 2.29 bits per heavy atom. The summed E-state index contributed by atoms with van der Waals surface area (Å²) in [5.41, 5.74) is 3.32. The molecule has 162 valence electrons. The minimum absolute atomic E-state index is 0.0628. The lowest BCUT2D eigenvalue weighted by Gasteiger charge is -2.33. The Bertz CT molecular complexity index is 975. The minimum Gasteiger partial charge on any atom is -0.479 e. The number of likely N-dealkylation sites (tertiary alicyclic amines) is 1. The average molecular weight is 422 g/mol. The SMILES string of the molecule is CCC1(C(=O)O)CCCN1C(=O)CNC(=O)OCC1c2ccccc2-c2ccccc21. The summed E-state index contributed by atoms with van der Waals surface area (Å²) in [5.74, 6) is -1.47. The van der Waals surface area contributed by atoms with Crippen LogP contribution in [0.2, 0.25) is 0 Å². The molecule has 7 heteroatoms. The summed E-state index contributed by atoms with van der Waals surface area (Å²) < 4.78 is 5.44. The molecular formula is C24H26N2O5. The molecule has 1 unspecified atom stereocenters. The second kappa shape index (κ2) is 8.41. The third-order valence-corrected chi connectivity index (χ3v) is 6.50. The molecule has 2 amide bonds. The van der Waals surface area contributed by atoms with Gasteiger partial charge in [-0.25, -0.2) is 9.59 Å². The number of rotatable bonds is 6. The summed E-state index contributed by atoms with van der Waals surface area (Å²) in [6.07, 6.45) is 0.706. The summed E-state index contributed by atoms with van der Waals surface area (Å²) in [4.78, 5) is 38.0. The van der Waals surface area contributed by atoms with E-state index in [9.17, 15) is 19.5 Å². The minimum atomic E-state index is -1.18. The van der Waals surface area contributed by atoms with Gasteiger partial charge in [-0.3, -0.25) is 4.79 Å². The topological polar surface area (TPSA) is 95.9 Å². The number of alkyl carbamates (subject to hydrolysis) is 1. The Labute approximate surface area is 181 Å². The summed E-state index contributed by atoms with van der Waals surface area (Å²) in [6, 6.07) is 16.1. The zero-order chi connectivity index (χ0) is 22.0. The molecule has 1 saturated heterocycles. The van der Waals surface area contributed by atoms with Gasteiger partial charge in [0.05, 0.1) is 0 Å². The van der Waals surface area contributed by atoms with Crippen LogP contribution in [-0.2, 0) is 14.3 Å². The number of hydrogen-bond acceptors (Lipinski definition) is 4. The number of nitrogens with one attached hydrogen (secondary N) is 1. The van der Waals surface area contributed by atoms with Gasteiger partial charge in [0, 0.05) is 12.5 Å². The normalized spacial score (nSPS) is 19.6. The number of carboxylic acid groups (broad SMARTS) is 1. The number of ether oxygens (including phenoxy) is 1. The van der Waals surface area contributed by atoms with Gasteiger partial charge in [-0.2, -0.15) is 0 Å². The zero-order valence-electron chi connectivity index (χ0n) is 17.5. The highest BCUT2D eigenvalue weighted by molar-refractivity contribution is 5.90. The number of carbonyl (C=O) groups is 3. The van der Waals surface area contributed by atoms with E-state index < -0.39 is 23.5 Å². The van der Waals surface area contributed by atoms with Crippen LogP contribution in [0.1, 0.15) is 43.2 Å². The van der Waals surface area contributed by atoms with Gasteiger partial charge in [0.25, 0.3) is 0 Å². The lowest BCUT2D eigenvalue weighted by Crippen LogP contribution is -2.55. The first-order valence-electron chi connectivity index (χ1n) is 10.6. The maximum Gasteiger partial charge on any atom is 0.407 e. The molecule has 4 rings (SSSR count). The summed E-state index contributed by atoms with van der Waals surface area (Å²) in [6.45, 7) is 2.02. The molecule has 2 aliphatic rings. The standard InChI is InChI=1S/C24H26N2O5/c1-2-24(22(28)29)12-7-13-26(24)21(27)14-25-23(30)31-15-20-18-10-5-3-8-16(18)17-9-4-6-11-19(17)20/h3-6,8-11,20H,2,7,12-15H2,1H3,(H,25,30)(H,28,29). The first-order chi connectivity index (χ1) is 15.0. The molecule has 2 N–H and O–H groups in total. The van der Waals surface area contributed by atoms with Gasteiger partial charge in [0.1, 0.15) is 18.7 Å². The van der Waals surface area contributed by atoms with E-state index in [0.29, 0.717) is 25.8 Å². The maximum absolute atomic E-state index is 12.6. The Balaban J connectivity index is 1.36. The molecule has 0 aromatic heterocycles. The van der Waals surface area contributed by atoms with Crippen molar-refractivity contribution in [1.82, 2.24) is 10.2 Å². The fourth-order valence-electron chi connectivity index (χ4n) is 4.88. The molecule has 1 atom stereocenters. The van der Waals surface area contributed by atoms with Gasteiger partial charge in [0.2, 0.25) is 5.91 Å². The quantitative estimate of drug-likeness (QED) is 0.744. The number of carbonyl (C=O) groups excluding carboxylic acids is 2. The molecule has 0 spiro atoms. The van der Waals surface area contributed by atoms with Gasteiger partial charge >= 0.3 is 12.1 Å². The number of amides is 2. The molecule has 31 heavy (non-hydrogen) atoms. The zero-order valence-corrected chi connectivity index (χ0v) is 17.5. The third-order valence-electron chi connectivity index (χ3n) is 6.50. The first kappa shape index (κ1) is 20.9. The van der Waals surface area contributed by atoms with Crippen LogP contribution in [-0.4, -0.2) is 53.2 Å². The van der Waals surface area contributed by atoms with E-state index in [1.807, 2.05) is 36.4 Å². The van der Waals surface area contributed by atoms with Crippen molar-refractivity contribution in [3.05, 3.63) is 59.7 Å². The van der Waals surface area contributed by atoms with Gasteiger partial charge < -0.3 is 20.1 Å². The predicted molar refractivity (Wildman–Crippen MR) is 115 cm³/mol. The van der Waals surface area contributed by atoms with Crippen molar-refractivity contribution in [2.45, 2.75) is 37.6 Å². The molecule has 2 aromatic carbocycles. The van der Waals surface area contributed by atoms with Crippen molar-refractivity contribution in [2.24, 2.45) is 0 Å². The summed E-state index contributed by atoms with van der Waals surface area (Å²) in [7, 11) is 0. The van der Waals surface area contributed by atoms with Crippen LogP contribution in [0.15, 0.2) is 48.5 Å². The van der Waals surface area contributed by atoms with Crippen LogP contribution in [0.4, 0.5) is 4.79 Å². The lowest BCUT2D eigenvalue weighted by atomic mass is 9.93. The smallest absolute Gasteiger partial charge is 0.407 e. The summed E-state index contributed by atoms with van der Waals surface area (Å²) >= 11 is 0. The molecular weight excluding hydrogens is 396 g/mol. The van der Waals surface area contributed by atoms with Crippen molar-refractivity contribution < 1.29 is 24.2 Å². The average Bonchev–Trinajstić information content (AvgIpc) is 3.36. The van der Waals surface area contributed by atoms with E-state index in [2.05, 4.69) is 17.4 Å². The van der Waals surface area contributed by atoms with Crippen LogP contribution >= 0.6 is 0 Å². The molecule has 1 aliphatic carbocycles. The van der Waals surface area contributed by atoms with Gasteiger partial charge in [0.15, 0.2) is 0 Å². The van der Waals surface area contributed by atoms with E-state index in [1.165, 1.54) is 4.90 Å². The van der Waals surface area contributed by atoms with Crippen molar-refractivity contribution >= 4 is 18.0 Å². The highest BCUT2D eigenvalue weighted by Crippen LogP contribution is 2.44. The Morgan fingerprint density at radius 2 is 1.71 bits per heavy atom. The van der Waals surface area contributed by atoms with E-state index >= 15 is 0 Å². The van der Waals surface area contributed by atoms with E-state index in [-0.39, 0.29) is 19.1 Å². The largest absolute Gasteiger partial charge is 0.479 e. The lowest BCUT2D eigenvalue weighted by molar-refractivity contribution is -0.156. The molecule has 1 fully saturated rings. The molecule has 2 aromatic rings.